The number of non-ortho nitro benzene ring substituents is 1. The van der Waals surface area contributed by atoms with E-state index in [1.54, 1.807) is 18.2 Å². The summed E-state index contributed by atoms with van der Waals surface area (Å²) in [6.07, 6.45) is 0.448. The maximum Gasteiger partial charge on any atom is 0.270 e. The number of carbonyl (C=O) groups is 1. The van der Waals surface area contributed by atoms with E-state index in [-0.39, 0.29) is 17.1 Å². The Labute approximate surface area is 172 Å². The minimum atomic E-state index is -4.05. The van der Waals surface area contributed by atoms with E-state index in [1.165, 1.54) is 25.2 Å². The van der Waals surface area contributed by atoms with Crippen LogP contribution in [-0.2, 0) is 21.2 Å². The Morgan fingerprint density at radius 1 is 1.21 bits per heavy atom. The molecule has 1 N–H and O–H groups in total. The lowest BCUT2D eigenvalue weighted by Crippen LogP contribution is -2.39. The van der Waals surface area contributed by atoms with Gasteiger partial charge in [0.25, 0.3) is 5.69 Å². The van der Waals surface area contributed by atoms with Crippen LogP contribution in [0.3, 0.4) is 0 Å². The van der Waals surface area contributed by atoms with E-state index in [0.29, 0.717) is 16.5 Å². The first-order valence-corrected chi connectivity index (χ1v) is 10.2. The van der Waals surface area contributed by atoms with Crippen LogP contribution in [0.5, 0.6) is 0 Å². The number of nitro benzene ring substituents is 1. The molecule has 0 radical (unpaired) electrons. The summed E-state index contributed by atoms with van der Waals surface area (Å²) in [7, 11) is -2.82. The van der Waals surface area contributed by atoms with E-state index >= 15 is 0 Å². The standard InChI is InChI=1S/C17H17Cl2N3O5S/c1-21(28(26,27)15-4-2-3-14(10-15)22(24)25)11-17(23)20-8-7-12-5-6-13(18)9-16(12)19/h2-6,9-10H,7-8,11H2,1H3,(H,20,23). The predicted molar refractivity (Wildman–Crippen MR) is 106 cm³/mol. The van der Waals surface area contributed by atoms with Crippen LogP contribution in [0.25, 0.3) is 0 Å². The highest BCUT2D eigenvalue weighted by molar-refractivity contribution is 7.89. The molecule has 0 aliphatic carbocycles. The first kappa shape index (κ1) is 22.1. The number of amides is 1. The third-order valence-corrected chi connectivity index (χ3v) is 6.22. The Bertz CT molecular complexity index is 998. The summed E-state index contributed by atoms with van der Waals surface area (Å²) >= 11 is 11.9. The second-order valence-corrected chi connectivity index (χ2v) is 8.74. The lowest BCUT2D eigenvalue weighted by atomic mass is 10.1. The largest absolute Gasteiger partial charge is 0.355 e. The van der Waals surface area contributed by atoms with Gasteiger partial charge in [0.05, 0.1) is 16.4 Å². The van der Waals surface area contributed by atoms with Crippen molar-refractivity contribution >= 4 is 44.8 Å². The molecule has 2 aromatic carbocycles. The molecule has 11 heteroatoms. The SMILES string of the molecule is CN(CC(=O)NCCc1ccc(Cl)cc1Cl)S(=O)(=O)c1cccc([N+](=O)[O-])c1. The number of benzene rings is 2. The Balaban J connectivity index is 1.95. The lowest BCUT2D eigenvalue weighted by Gasteiger charge is -2.17. The van der Waals surface area contributed by atoms with Crippen molar-refractivity contribution in [3.05, 3.63) is 68.2 Å². The molecule has 8 nitrogen and oxygen atoms in total. The summed E-state index contributed by atoms with van der Waals surface area (Å²) in [4.78, 5) is 21.9. The lowest BCUT2D eigenvalue weighted by molar-refractivity contribution is -0.385. The van der Waals surface area contributed by atoms with Crippen molar-refractivity contribution in [2.45, 2.75) is 11.3 Å². The summed E-state index contributed by atoms with van der Waals surface area (Å²) in [6.45, 7) is -0.176. The Kier molecular flexibility index (Phi) is 7.36. The average molecular weight is 446 g/mol. The van der Waals surface area contributed by atoms with Gasteiger partial charge in [-0.15, -0.1) is 0 Å². The Morgan fingerprint density at radius 2 is 1.93 bits per heavy atom. The number of nitro groups is 1. The van der Waals surface area contributed by atoms with Crippen LogP contribution in [0.2, 0.25) is 10.0 Å². The highest BCUT2D eigenvalue weighted by atomic mass is 35.5. The molecular formula is C17H17Cl2N3O5S. The molecule has 2 rings (SSSR count). The van der Waals surface area contributed by atoms with E-state index in [4.69, 9.17) is 23.2 Å². The molecule has 0 saturated heterocycles. The van der Waals surface area contributed by atoms with Crippen LogP contribution in [0.15, 0.2) is 47.4 Å². The maximum atomic E-state index is 12.5. The number of halogens is 2. The van der Waals surface area contributed by atoms with Gasteiger partial charge in [0.2, 0.25) is 15.9 Å². The van der Waals surface area contributed by atoms with Gasteiger partial charge in [-0.25, -0.2) is 8.42 Å². The Morgan fingerprint density at radius 3 is 2.57 bits per heavy atom. The minimum Gasteiger partial charge on any atom is -0.355 e. The van der Waals surface area contributed by atoms with Gasteiger partial charge in [-0.2, -0.15) is 4.31 Å². The zero-order valence-electron chi connectivity index (χ0n) is 14.8. The number of likely N-dealkylation sites (N-methyl/N-ethyl adjacent to an activating group) is 1. The molecule has 2 aromatic rings. The zero-order chi connectivity index (χ0) is 20.9. The van der Waals surface area contributed by atoms with Gasteiger partial charge in [0.1, 0.15) is 0 Å². The molecule has 1 amide bonds. The molecule has 0 spiro atoms. The van der Waals surface area contributed by atoms with Crippen molar-refractivity contribution in [3.8, 4) is 0 Å². The molecule has 28 heavy (non-hydrogen) atoms. The average Bonchev–Trinajstić information content (AvgIpc) is 2.63. The van der Waals surface area contributed by atoms with Gasteiger partial charge in [-0.3, -0.25) is 14.9 Å². The number of carbonyl (C=O) groups excluding carboxylic acids is 1. The quantitative estimate of drug-likeness (QED) is 0.496. The van der Waals surface area contributed by atoms with Crippen molar-refractivity contribution < 1.29 is 18.1 Å². The van der Waals surface area contributed by atoms with E-state index < -0.39 is 27.4 Å². The van der Waals surface area contributed by atoms with Crippen LogP contribution >= 0.6 is 23.2 Å². The zero-order valence-corrected chi connectivity index (χ0v) is 17.1. The molecule has 0 saturated carbocycles. The summed E-state index contributed by atoms with van der Waals surface area (Å²) in [6, 6.07) is 9.67. The second kappa shape index (κ2) is 9.33. The molecule has 0 aliphatic heterocycles. The van der Waals surface area contributed by atoms with E-state index in [9.17, 15) is 23.3 Å². The summed E-state index contributed by atoms with van der Waals surface area (Å²) < 4.78 is 25.8. The van der Waals surface area contributed by atoms with Gasteiger partial charge in [0.15, 0.2) is 0 Å². The fourth-order valence-corrected chi connectivity index (χ4v) is 4.01. The summed E-state index contributed by atoms with van der Waals surface area (Å²) in [5.41, 5.74) is 0.447. The predicted octanol–water partition coefficient (Wildman–Crippen LogP) is 2.88. The monoisotopic (exact) mass is 445 g/mol. The molecule has 0 aliphatic rings. The van der Waals surface area contributed by atoms with Crippen molar-refractivity contribution in [1.29, 1.82) is 0 Å². The van der Waals surface area contributed by atoms with Gasteiger partial charge in [0, 0.05) is 35.8 Å². The van der Waals surface area contributed by atoms with Crippen molar-refractivity contribution in [2.75, 3.05) is 20.1 Å². The van der Waals surface area contributed by atoms with Crippen LogP contribution in [-0.4, -0.2) is 43.7 Å². The molecule has 0 bridgehead atoms. The molecule has 0 heterocycles. The van der Waals surface area contributed by atoms with E-state index in [1.807, 2.05) is 0 Å². The van der Waals surface area contributed by atoms with Crippen LogP contribution in [0, 0.1) is 10.1 Å². The highest BCUT2D eigenvalue weighted by Gasteiger charge is 2.24. The van der Waals surface area contributed by atoms with E-state index in [0.717, 1.165) is 15.9 Å². The van der Waals surface area contributed by atoms with Gasteiger partial charge in [-0.05, 0) is 30.2 Å². The first-order chi connectivity index (χ1) is 13.1. The number of hydrogen-bond donors (Lipinski definition) is 1. The minimum absolute atomic E-state index is 0.255. The van der Waals surface area contributed by atoms with E-state index in [2.05, 4.69) is 5.32 Å². The normalized spacial score (nSPS) is 11.4. The second-order valence-electron chi connectivity index (χ2n) is 5.85. The van der Waals surface area contributed by atoms with Gasteiger partial charge in [-0.1, -0.05) is 35.3 Å². The van der Waals surface area contributed by atoms with Crippen molar-refractivity contribution in [3.63, 3.8) is 0 Å². The summed E-state index contributed by atoms with van der Waals surface area (Å²) in [5.74, 6) is -0.512. The molecule has 0 fully saturated rings. The number of rotatable bonds is 8. The number of nitrogens with one attached hydrogen (secondary N) is 1. The van der Waals surface area contributed by atoms with Crippen molar-refractivity contribution in [1.82, 2.24) is 9.62 Å². The highest BCUT2D eigenvalue weighted by Crippen LogP contribution is 2.21. The fourth-order valence-electron chi connectivity index (χ4n) is 2.34. The summed E-state index contributed by atoms with van der Waals surface area (Å²) in [5, 5.41) is 14.4. The number of nitrogens with zero attached hydrogens (tertiary/aromatic N) is 2. The van der Waals surface area contributed by atoms with Crippen molar-refractivity contribution in [2.24, 2.45) is 0 Å². The van der Waals surface area contributed by atoms with Crippen LogP contribution < -0.4 is 5.32 Å². The molecule has 0 atom stereocenters. The number of hydrogen-bond acceptors (Lipinski definition) is 5. The molecule has 150 valence electrons. The Hall–Kier alpha value is -2.20. The molecule has 0 aromatic heterocycles. The van der Waals surface area contributed by atoms with Crippen LogP contribution in [0.4, 0.5) is 5.69 Å². The topological polar surface area (TPSA) is 110 Å². The third kappa shape index (κ3) is 5.65. The van der Waals surface area contributed by atoms with Crippen LogP contribution in [0.1, 0.15) is 5.56 Å². The maximum absolute atomic E-state index is 12.5. The number of sulfonamides is 1. The molecular weight excluding hydrogens is 429 g/mol. The molecule has 0 unspecified atom stereocenters. The third-order valence-electron chi connectivity index (χ3n) is 3.83. The smallest absolute Gasteiger partial charge is 0.270 e. The fraction of sp³-hybridized carbons (Fsp3) is 0.235. The first-order valence-electron chi connectivity index (χ1n) is 8.02. The van der Waals surface area contributed by atoms with Gasteiger partial charge >= 0.3 is 0 Å². The van der Waals surface area contributed by atoms with Gasteiger partial charge < -0.3 is 5.32 Å².